The quantitative estimate of drug-likeness (QED) is 0.112. The number of hydrogen-bond acceptors (Lipinski definition) is 3. The Morgan fingerprint density at radius 2 is 1.06 bits per heavy atom. The monoisotopic (exact) mass is 740 g/mol. The van der Waals surface area contributed by atoms with Crippen LogP contribution >= 0.6 is 23.2 Å². The Morgan fingerprint density at radius 1 is 0.654 bits per heavy atom. The molecular formula is C43H40Cl2F2N2O3. The van der Waals surface area contributed by atoms with Crippen molar-refractivity contribution in [3.8, 4) is 0 Å². The molecule has 0 aliphatic heterocycles. The molecule has 0 aliphatic carbocycles. The van der Waals surface area contributed by atoms with Crippen LogP contribution < -0.4 is 11.1 Å². The summed E-state index contributed by atoms with van der Waals surface area (Å²) >= 11 is 9.53. The summed E-state index contributed by atoms with van der Waals surface area (Å²) in [5.41, 5.74) is 9.50. The normalized spacial score (nSPS) is 11.8. The molecule has 9 heteroatoms. The average Bonchev–Trinajstić information content (AvgIpc) is 3.14. The molecule has 268 valence electrons. The predicted molar refractivity (Wildman–Crippen MR) is 212 cm³/mol. The maximum atomic E-state index is 12.9. The van der Waals surface area contributed by atoms with E-state index in [0.29, 0.717) is 5.56 Å². The third kappa shape index (κ3) is 14.5. The number of halogens is 4. The first-order valence-electron chi connectivity index (χ1n) is 16.2. The summed E-state index contributed by atoms with van der Waals surface area (Å²) in [5.74, 6) is -1.82. The maximum Gasteiger partial charge on any atom is 0.328 e. The highest BCUT2D eigenvalue weighted by molar-refractivity contribution is 6.40. The lowest BCUT2D eigenvalue weighted by Crippen LogP contribution is -2.24. The van der Waals surface area contributed by atoms with Gasteiger partial charge in [0.1, 0.15) is 11.6 Å². The Kier molecular flexibility index (Phi) is 17.2. The molecule has 5 nitrogen and oxygen atoms in total. The van der Waals surface area contributed by atoms with Gasteiger partial charge in [-0.05, 0) is 106 Å². The number of carbonyl (C=O) groups is 2. The molecule has 1 amide bonds. The van der Waals surface area contributed by atoms with Crippen LogP contribution in [0.3, 0.4) is 0 Å². The number of carboxylic acids is 1. The van der Waals surface area contributed by atoms with Gasteiger partial charge < -0.3 is 16.2 Å². The summed E-state index contributed by atoms with van der Waals surface area (Å²) in [6, 6.07) is 40.6. The number of nitrogens with one attached hydrogen (secondary N) is 1. The number of hydrogen-bond donors (Lipinski definition) is 3. The van der Waals surface area contributed by atoms with Crippen LogP contribution in [0.25, 0.3) is 33.7 Å². The summed E-state index contributed by atoms with van der Waals surface area (Å²) < 4.78 is 25.2. The average molecular weight is 742 g/mol. The van der Waals surface area contributed by atoms with Gasteiger partial charge in [-0.25, -0.2) is 13.6 Å². The molecule has 0 fully saturated rings. The fourth-order valence-electron chi connectivity index (χ4n) is 4.80. The number of amides is 1. The maximum absolute atomic E-state index is 12.9. The largest absolute Gasteiger partial charge is 0.478 e. The lowest BCUT2D eigenvalue weighted by molar-refractivity contribution is -0.131. The van der Waals surface area contributed by atoms with Crippen molar-refractivity contribution in [2.24, 2.45) is 5.73 Å². The summed E-state index contributed by atoms with van der Waals surface area (Å²) in [6.45, 7) is 3.96. The second-order valence-corrected chi connectivity index (χ2v) is 12.2. The minimum Gasteiger partial charge on any atom is -0.478 e. The first-order chi connectivity index (χ1) is 25.0. The van der Waals surface area contributed by atoms with Crippen LogP contribution in [0.4, 0.5) is 8.78 Å². The number of aliphatic carboxylic acids is 1. The van der Waals surface area contributed by atoms with Gasteiger partial charge in [-0.15, -0.1) is 23.2 Å². The number of alkyl halides is 2. The first-order valence-corrected chi connectivity index (χ1v) is 17.3. The molecule has 2 atom stereocenters. The van der Waals surface area contributed by atoms with E-state index in [1.807, 2.05) is 44.2 Å². The molecule has 6 aromatic carbocycles. The Labute approximate surface area is 313 Å². The van der Waals surface area contributed by atoms with Crippen molar-refractivity contribution in [3.05, 3.63) is 180 Å². The van der Waals surface area contributed by atoms with Gasteiger partial charge in [0.25, 0.3) is 0 Å². The van der Waals surface area contributed by atoms with E-state index in [1.165, 1.54) is 70.3 Å². The van der Waals surface area contributed by atoms with Gasteiger partial charge in [0, 0.05) is 18.2 Å². The third-order valence-electron chi connectivity index (χ3n) is 7.52. The molecule has 0 saturated carbocycles. The second-order valence-electron chi connectivity index (χ2n) is 11.4. The third-order valence-corrected chi connectivity index (χ3v) is 7.52. The smallest absolute Gasteiger partial charge is 0.328 e. The van der Waals surface area contributed by atoms with Crippen molar-refractivity contribution in [2.45, 2.75) is 25.9 Å². The van der Waals surface area contributed by atoms with Crippen LogP contribution in [0.5, 0.6) is 0 Å². The molecule has 0 aliphatic rings. The van der Waals surface area contributed by atoms with E-state index in [1.54, 1.807) is 18.2 Å². The fourth-order valence-corrected chi connectivity index (χ4v) is 4.80. The minimum absolute atomic E-state index is 0.0972. The highest BCUT2D eigenvalue weighted by atomic mass is 35.5. The molecule has 0 heterocycles. The van der Waals surface area contributed by atoms with Crippen molar-refractivity contribution in [3.63, 3.8) is 0 Å². The summed E-state index contributed by atoms with van der Waals surface area (Å²) in [7, 11) is 0. The second kappa shape index (κ2) is 21.8. The molecule has 0 saturated heterocycles. The highest BCUT2D eigenvalue weighted by Gasteiger charge is 2.08. The van der Waals surface area contributed by atoms with Gasteiger partial charge >= 0.3 is 5.97 Å². The zero-order valence-corrected chi connectivity index (χ0v) is 30.2. The van der Waals surface area contributed by atoms with Gasteiger partial charge in [-0.2, -0.15) is 0 Å². The number of carboxylic acid groups (broad SMARTS) is 1. The Morgan fingerprint density at radius 3 is 1.50 bits per heavy atom. The van der Waals surface area contributed by atoms with Gasteiger partial charge in [0.2, 0.25) is 5.91 Å². The highest BCUT2D eigenvalue weighted by Crippen LogP contribution is 2.21. The van der Waals surface area contributed by atoms with Crippen molar-refractivity contribution in [1.29, 1.82) is 0 Å². The lowest BCUT2D eigenvalue weighted by atomic mass is 10.0. The Hall–Kier alpha value is -5.34. The minimum atomic E-state index is -1.01. The summed E-state index contributed by atoms with van der Waals surface area (Å²) in [5, 5.41) is 16.3. The fraction of sp³-hybridized carbons (Fsp3) is 0.116. The number of fused-ring (bicyclic) bond motifs is 2. The van der Waals surface area contributed by atoms with Gasteiger partial charge in [-0.3, -0.25) is 4.79 Å². The number of rotatable bonds is 7. The molecule has 6 rings (SSSR count). The van der Waals surface area contributed by atoms with Crippen LogP contribution in [0.2, 0.25) is 0 Å². The van der Waals surface area contributed by atoms with Crippen LogP contribution in [0, 0.1) is 11.6 Å². The van der Waals surface area contributed by atoms with E-state index in [4.69, 9.17) is 34.0 Å². The standard InChI is InChI=1S/C21H18FNO.C12H13N.C9H7FO2.CH2Cl2/c1-15(18-10-9-17-4-2-3-5-19(17)14-18)23-21(24)13-8-16-6-11-20(22)12-7-16;1-9(13)11-7-6-10-4-2-3-5-12(10)8-11;10-8-4-1-7(2-5-8)3-6-9(11)12;2-1-3/h2-15H,1H3,(H,23,24);2-9H,13H2,1H3;1-6H,(H,11,12);1H2/b13-8+;;6-3+;/t15-;9-;;/m00../s1. The number of nitrogens with two attached hydrogens (primary N) is 1. The molecular weight excluding hydrogens is 701 g/mol. The van der Waals surface area contributed by atoms with E-state index in [-0.39, 0.29) is 35.0 Å². The van der Waals surface area contributed by atoms with Crippen molar-refractivity contribution in [1.82, 2.24) is 5.32 Å². The van der Waals surface area contributed by atoms with Crippen molar-refractivity contribution < 1.29 is 23.5 Å². The Balaban J connectivity index is 0.000000220. The first kappa shape index (κ1) is 41.1. The van der Waals surface area contributed by atoms with Crippen LogP contribution in [0.1, 0.15) is 48.2 Å². The molecule has 0 unspecified atom stereocenters. The van der Waals surface area contributed by atoms with Gasteiger partial charge in [-0.1, -0.05) is 97.1 Å². The summed E-state index contributed by atoms with van der Waals surface area (Å²) in [6.07, 6.45) is 5.54. The van der Waals surface area contributed by atoms with Crippen molar-refractivity contribution in [2.75, 3.05) is 5.34 Å². The number of benzene rings is 6. The summed E-state index contributed by atoms with van der Waals surface area (Å²) in [4.78, 5) is 22.1. The molecule has 6 aromatic rings. The van der Waals surface area contributed by atoms with Crippen molar-refractivity contribution >= 4 is 68.8 Å². The zero-order valence-electron chi connectivity index (χ0n) is 28.7. The van der Waals surface area contributed by atoms with E-state index >= 15 is 0 Å². The van der Waals surface area contributed by atoms with E-state index in [0.717, 1.165) is 22.6 Å². The molecule has 0 radical (unpaired) electrons. The van der Waals surface area contributed by atoms with E-state index in [2.05, 4.69) is 59.9 Å². The zero-order chi connectivity index (χ0) is 37.9. The van der Waals surface area contributed by atoms with Crippen LogP contribution in [0.15, 0.2) is 146 Å². The van der Waals surface area contributed by atoms with Crippen LogP contribution in [-0.2, 0) is 9.59 Å². The predicted octanol–water partition coefficient (Wildman–Crippen LogP) is 11.1. The molecule has 4 N–H and O–H groups in total. The van der Waals surface area contributed by atoms with E-state index < -0.39 is 5.97 Å². The molecule has 0 bridgehead atoms. The van der Waals surface area contributed by atoms with Gasteiger partial charge in [0.05, 0.1) is 11.4 Å². The van der Waals surface area contributed by atoms with E-state index in [9.17, 15) is 18.4 Å². The van der Waals surface area contributed by atoms with Crippen LogP contribution in [-0.4, -0.2) is 22.3 Å². The molecule has 0 spiro atoms. The topological polar surface area (TPSA) is 92.4 Å². The van der Waals surface area contributed by atoms with Gasteiger partial charge in [0.15, 0.2) is 0 Å². The Bertz CT molecular complexity index is 2080. The lowest BCUT2D eigenvalue weighted by Gasteiger charge is -2.13. The molecule has 52 heavy (non-hydrogen) atoms. The SMILES string of the molecule is C[C@H](N)c1ccc2ccccc2c1.C[C@H](NC(=O)/C=C/c1ccc(F)cc1)c1ccc2ccccc2c1.ClCCl.O=C(O)/C=C/c1ccc(F)cc1. The number of carbonyl (C=O) groups excluding carboxylic acids is 1. The molecule has 0 aromatic heterocycles.